The third kappa shape index (κ3) is 4.88. The molecule has 0 aliphatic rings. The van der Waals surface area contributed by atoms with Crippen LogP contribution < -0.4 is 10.1 Å². The van der Waals surface area contributed by atoms with E-state index in [9.17, 15) is 0 Å². The van der Waals surface area contributed by atoms with Gasteiger partial charge in [0.25, 0.3) is 0 Å². The van der Waals surface area contributed by atoms with Crippen LogP contribution in [-0.2, 0) is 0 Å². The Balaban J connectivity index is 2.12. The van der Waals surface area contributed by atoms with E-state index in [-0.39, 0.29) is 5.28 Å². The predicted molar refractivity (Wildman–Crippen MR) is 84.5 cm³/mol. The fraction of sp³-hybridized carbons (Fsp3) is 0.214. The molecule has 7 heteroatoms. The smallest absolute Gasteiger partial charge is 0.231 e. The summed E-state index contributed by atoms with van der Waals surface area (Å²) >= 11 is 11.8. The van der Waals surface area contributed by atoms with Gasteiger partial charge < -0.3 is 10.1 Å². The second-order valence-electron chi connectivity index (χ2n) is 4.44. The maximum Gasteiger partial charge on any atom is 0.231 e. The lowest BCUT2D eigenvalue weighted by atomic mass is 10.3. The first-order chi connectivity index (χ1) is 10.0. The van der Waals surface area contributed by atoms with Gasteiger partial charge in [0.2, 0.25) is 11.2 Å². The summed E-state index contributed by atoms with van der Waals surface area (Å²) < 4.78 is 5.62. The number of benzene rings is 1. The normalized spacial score (nSPS) is 10.1. The summed E-state index contributed by atoms with van der Waals surface area (Å²) in [7, 11) is 0. The molecule has 0 amide bonds. The van der Waals surface area contributed by atoms with Gasteiger partial charge in [-0.3, -0.25) is 0 Å². The number of allylic oxidation sites excluding steroid dienone is 1. The van der Waals surface area contributed by atoms with Crippen LogP contribution in [0.15, 0.2) is 36.2 Å². The first-order valence-corrected chi connectivity index (χ1v) is 6.97. The third-order valence-corrected chi connectivity index (χ3v) is 2.95. The van der Waals surface area contributed by atoms with E-state index in [0.29, 0.717) is 23.3 Å². The van der Waals surface area contributed by atoms with Crippen LogP contribution in [0, 0.1) is 0 Å². The number of rotatable bonds is 5. The Morgan fingerprint density at radius 2 is 2.10 bits per heavy atom. The molecule has 0 bridgehead atoms. The van der Waals surface area contributed by atoms with E-state index in [0.717, 1.165) is 5.69 Å². The van der Waals surface area contributed by atoms with Crippen molar-refractivity contribution in [2.24, 2.45) is 0 Å². The number of hydrogen-bond acceptors (Lipinski definition) is 5. The minimum absolute atomic E-state index is 0.126. The SMILES string of the molecule is CC(C)=CCOc1cc(Nc2ncnc(Cl)n2)ccc1Cl. The van der Waals surface area contributed by atoms with Crippen LogP contribution in [0.3, 0.4) is 0 Å². The van der Waals surface area contributed by atoms with E-state index in [1.807, 2.05) is 19.9 Å². The molecule has 21 heavy (non-hydrogen) atoms. The van der Waals surface area contributed by atoms with Crippen molar-refractivity contribution in [1.82, 2.24) is 15.0 Å². The van der Waals surface area contributed by atoms with Gasteiger partial charge in [-0.25, -0.2) is 9.97 Å². The Hall–Kier alpha value is -1.85. The molecule has 0 atom stereocenters. The highest BCUT2D eigenvalue weighted by Gasteiger charge is 2.05. The van der Waals surface area contributed by atoms with Crippen LogP contribution in [0.25, 0.3) is 0 Å². The molecule has 0 unspecified atom stereocenters. The molecule has 0 spiro atoms. The molecular formula is C14H14Cl2N4O. The molecule has 0 saturated heterocycles. The van der Waals surface area contributed by atoms with Crippen LogP contribution in [0.2, 0.25) is 10.3 Å². The summed E-state index contributed by atoms with van der Waals surface area (Å²) in [4.78, 5) is 11.6. The van der Waals surface area contributed by atoms with Gasteiger partial charge in [0, 0.05) is 11.8 Å². The third-order valence-electron chi connectivity index (χ3n) is 2.46. The monoisotopic (exact) mass is 324 g/mol. The number of ether oxygens (including phenoxy) is 1. The summed E-state index contributed by atoms with van der Waals surface area (Å²) in [6, 6.07) is 5.32. The fourth-order valence-electron chi connectivity index (χ4n) is 1.46. The zero-order chi connectivity index (χ0) is 15.2. The zero-order valence-corrected chi connectivity index (χ0v) is 13.1. The zero-order valence-electron chi connectivity index (χ0n) is 11.6. The molecule has 1 aromatic carbocycles. The topological polar surface area (TPSA) is 59.9 Å². The minimum atomic E-state index is 0.126. The number of nitrogens with one attached hydrogen (secondary N) is 1. The summed E-state index contributed by atoms with van der Waals surface area (Å²) in [6.07, 6.45) is 3.31. The number of aromatic nitrogens is 3. The summed E-state index contributed by atoms with van der Waals surface area (Å²) in [5.41, 5.74) is 1.93. The van der Waals surface area contributed by atoms with E-state index >= 15 is 0 Å². The van der Waals surface area contributed by atoms with E-state index < -0.39 is 0 Å². The van der Waals surface area contributed by atoms with Crippen molar-refractivity contribution in [3.63, 3.8) is 0 Å². The molecule has 1 heterocycles. The highest BCUT2D eigenvalue weighted by Crippen LogP contribution is 2.29. The van der Waals surface area contributed by atoms with E-state index in [2.05, 4.69) is 20.3 Å². The maximum atomic E-state index is 6.10. The van der Waals surface area contributed by atoms with Crippen molar-refractivity contribution in [3.05, 3.63) is 46.5 Å². The number of halogens is 2. The molecule has 2 rings (SSSR count). The van der Waals surface area contributed by atoms with Crippen molar-refractivity contribution in [2.75, 3.05) is 11.9 Å². The Morgan fingerprint density at radius 1 is 1.29 bits per heavy atom. The lowest BCUT2D eigenvalue weighted by Gasteiger charge is -2.09. The van der Waals surface area contributed by atoms with Crippen molar-refractivity contribution in [1.29, 1.82) is 0 Å². The molecular weight excluding hydrogens is 311 g/mol. The van der Waals surface area contributed by atoms with Crippen LogP contribution in [0.5, 0.6) is 5.75 Å². The lowest BCUT2D eigenvalue weighted by Crippen LogP contribution is -1.99. The number of nitrogens with zero attached hydrogens (tertiary/aromatic N) is 3. The van der Waals surface area contributed by atoms with Gasteiger partial charge in [0.15, 0.2) is 0 Å². The first kappa shape index (κ1) is 15.5. The van der Waals surface area contributed by atoms with Crippen LogP contribution in [0.4, 0.5) is 11.6 Å². The second kappa shape index (κ2) is 7.24. The molecule has 0 aliphatic carbocycles. The largest absolute Gasteiger partial charge is 0.488 e. The van der Waals surface area contributed by atoms with Crippen LogP contribution in [-0.4, -0.2) is 21.6 Å². The van der Waals surface area contributed by atoms with Crippen molar-refractivity contribution < 1.29 is 4.74 Å². The molecule has 110 valence electrons. The van der Waals surface area contributed by atoms with Gasteiger partial charge in [-0.1, -0.05) is 17.2 Å². The standard InChI is InChI=1S/C14H14Cl2N4O/c1-9(2)5-6-21-12-7-10(3-4-11(12)15)19-14-18-8-17-13(16)20-14/h3-5,7-8H,6H2,1-2H3,(H,17,18,19,20). The Bertz CT molecular complexity index is 657. The van der Waals surface area contributed by atoms with E-state index in [4.69, 9.17) is 27.9 Å². The minimum Gasteiger partial charge on any atom is -0.488 e. The highest BCUT2D eigenvalue weighted by atomic mass is 35.5. The Morgan fingerprint density at radius 3 is 2.81 bits per heavy atom. The maximum absolute atomic E-state index is 6.10. The highest BCUT2D eigenvalue weighted by molar-refractivity contribution is 6.32. The second-order valence-corrected chi connectivity index (χ2v) is 5.19. The molecule has 0 fully saturated rings. The van der Waals surface area contributed by atoms with Gasteiger partial charge in [-0.2, -0.15) is 4.98 Å². The lowest BCUT2D eigenvalue weighted by molar-refractivity contribution is 0.362. The molecule has 0 radical (unpaired) electrons. The molecule has 0 saturated carbocycles. The summed E-state index contributed by atoms with van der Waals surface area (Å²) in [5.74, 6) is 0.937. The summed E-state index contributed by atoms with van der Waals surface area (Å²) in [5, 5.41) is 3.68. The Labute approximate surface area is 133 Å². The van der Waals surface area contributed by atoms with Gasteiger partial charge in [0.1, 0.15) is 18.7 Å². The Kier molecular flexibility index (Phi) is 5.36. The quantitative estimate of drug-likeness (QED) is 0.832. The van der Waals surface area contributed by atoms with Crippen molar-refractivity contribution >= 4 is 34.8 Å². The van der Waals surface area contributed by atoms with Crippen LogP contribution in [0.1, 0.15) is 13.8 Å². The van der Waals surface area contributed by atoms with Crippen molar-refractivity contribution in [3.8, 4) is 5.75 Å². The molecule has 1 N–H and O–H groups in total. The average Bonchev–Trinajstić information content (AvgIpc) is 2.42. The van der Waals surface area contributed by atoms with E-state index in [1.165, 1.54) is 11.9 Å². The van der Waals surface area contributed by atoms with Gasteiger partial charge in [-0.15, -0.1) is 0 Å². The molecule has 1 aromatic heterocycles. The van der Waals surface area contributed by atoms with Crippen LogP contribution >= 0.6 is 23.2 Å². The first-order valence-electron chi connectivity index (χ1n) is 6.22. The fourth-order valence-corrected chi connectivity index (χ4v) is 1.75. The van der Waals surface area contributed by atoms with Crippen molar-refractivity contribution in [2.45, 2.75) is 13.8 Å². The van der Waals surface area contributed by atoms with E-state index in [1.54, 1.807) is 18.2 Å². The molecule has 2 aromatic rings. The average molecular weight is 325 g/mol. The molecule has 5 nitrogen and oxygen atoms in total. The number of hydrogen-bond donors (Lipinski definition) is 1. The number of anilines is 2. The van der Waals surface area contributed by atoms with Gasteiger partial charge in [0.05, 0.1) is 5.02 Å². The predicted octanol–water partition coefficient (Wildman–Crippen LogP) is 4.27. The summed E-state index contributed by atoms with van der Waals surface area (Å²) in [6.45, 7) is 4.48. The molecule has 0 aliphatic heterocycles. The van der Waals surface area contributed by atoms with Gasteiger partial charge in [-0.05, 0) is 43.7 Å². The van der Waals surface area contributed by atoms with Gasteiger partial charge >= 0.3 is 0 Å².